The molecule has 0 amide bonds. The Morgan fingerprint density at radius 3 is 2.89 bits per heavy atom. The van der Waals surface area contributed by atoms with Gasteiger partial charge in [-0.25, -0.2) is 4.98 Å². The van der Waals surface area contributed by atoms with Crippen LogP contribution < -0.4 is 15.0 Å². The number of piperidine rings is 1. The lowest BCUT2D eigenvalue weighted by Gasteiger charge is -2.23. The summed E-state index contributed by atoms with van der Waals surface area (Å²) in [6.07, 6.45) is 1.84. The molecule has 1 aliphatic carbocycles. The number of ether oxygens (including phenoxy) is 1. The number of pyridine rings is 1. The van der Waals surface area contributed by atoms with Crippen LogP contribution in [0.3, 0.4) is 0 Å². The number of benzene rings is 2. The zero-order valence-electron chi connectivity index (χ0n) is 20.3. The minimum Gasteiger partial charge on any atom is -0.488 e. The van der Waals surface area contributed by atoms with E-state index in [4.69, 9.17) is 9.72 Å². The van der Waals surface area contributed by atoms with Gasteiger partial charge in [0.15, 0.2) is 0 Å². The fourth-order valence-corrected chi connectivity index (χ4v) is 5.90. The molecule has 1 unspecified atom stereocenters. The first-order valence-corrected chi connectivity index (χ1v) is 12.5. The molecule has 1 aromatic heterocycles. The van der Waals surface area contributed by atoms with E-state index in [9.17, 15) is 9.90 Å². The molecule has 3 heterocycles. The van der Waals surface area contributed by atoms with Crippen molar-refractivity contribution in [3.05, 3.63) is 76.3 Å². The van der Waals surface area contributed by atoms with E-state index in [0.29, 0.717) is 13.2 Å². The van der Waals surface area contributed by atoms with Crippen molar-refractivity contribution < 1.29 is 14.6 Å². The fraction of sp³-hybridized carbons (Fsp3) is 0.379. The van der Waals surface area contributed by atoms with Gasteiger partial charge in [0, 0.05) is 25.2 Å². The molecule has 2 atom stereocenters. The van der Waals surface area contributed by atoms with Crippen molar-refractivity contribution in [1.29, 1.82) is 0 Å². The molecule has 35 heavy (non-hydrogen) atoms. The number of aryl methyl sites for hydroxylation is 1. The number of carboxylic acid groups (broad SMARTS) is 1. The molecule has 1 saturated heterocycles. The Bertz CT molecular complexity index is 1320. The van der Waals surface area contributed by atoms with Crippen LogP contribution in [0.4, 0.5) is 5.82 Å². The number of carboxylic acids is 1. The number of carbonyl (C=O) groups is 1. The van der Waals surface area contributed by atoms with Gasteiger partial charge < -0.3 is 20.1 Å². The molecule has 180 valence electrons. The summed E-state index contributed by atoms with van der Waals surface area (Å²) in [4.78, 5) is 18.8. The van der Waals surface area contributed by atoms with Gasteiger partial charge in [0.25, 0.3) is 0 Å². The molecule has 0 bridgehead atoms. The zero-order chi connectivity index (χ0) is 24.2. The van der Waals surface area contributed by atoms with Crippen LogP contribution in [0.15, 0.2) is 48.5 Å². The van der Waals surface area contributed by atoms with Gasteiger partial charge in [0.1, 0.15) is 18.2 Å². The molecule has 0 radical (unpaired) electrons. The van der Waals surface area contributed by atoms with Crippen molar-refractivity contribution in [3.63, 3.8) is 0 Å². The summed E-state index contributed by atoms with van der Waals surface area (Å²) in [5.74, 6) is 1.24. The molecule has 2 fully saturated rings. The monoisotopic (exact) mass is 469 g/mol. The first-order chi connectivity index (χ1) is 17.0. The largest absolute Gasteiger partial charge is 0.488 e. The maximum Gasteiger partial charge on any atom is 0.311 e. The maximum atomic E-state index is 11.7. The van der Waals surface area contributed by atoms with Gasteiger partial charge in [-0.05, 0) is 85.2 Å². The van der Waals surface area contributed by atoms with E-state index < -0.39 is 11.4 Å². The third-order valence-electron chi connectivity index (χ3n) is 8.16. The van der Waals surface area contributed by atoms with Crippen LogP contribution in [-0.2, 0) is 24.4 Å². The van der Waals surface area contributed by atoms with E-state index >= 15 is 0 Å². The fourth-order valence-electron chi connectivity index (χ4n) is 5.90. The summed E-state index contributed by atoms with van der Waals surface area (Å²) in [7, 11) is 0. The third kappa shape index (κ3) is 3.76. The lowest BCUT2D eigenvalue weighted by molar-refractivity contribution is -0.143. The molecule has 2 N–H and O–H groups in total. The smallest absolute Gasteiger partial charge is 0.311 e. The van der Waals surface area contributed by atoms with Crippen LogP contribution in [0.25, 0.3) is 11.3 Å². The highest BCUT2D eigenvalue weighted by Gasteiger charge is 2.65. The molecular formula is C29H31N3O3. The molecule has 3 aliphatic rings. The number of fused-ring (bicyclic) bond motifs is 2. The molecule has 1 saturated carbocycles. The molecule has 3 aromatic rings. The molecule has 6 heteroatoms. The predicted molar refractivity (Wildman–Crippen MR) is 136 cm³/mol. The minimum absolute atomic E-state index is 0.235. The number of aromatic nitrogens is 1. The Balaban J connectivity index is 1.26. The van der Waals surface area contributed by atoms with Gasteiger partial charge in [-0.15, -0.1) is 0 Å². The summed E-state index contributed by atoms with van der Waals surface area (Å²) in [5, 5.41) is 13.1. The van der Waals surface area contributed by atoms with Gasteiger partial charge >= 0.3 is 5.97 Å². The Morgan fingerprint density at radius 1 is 1.20 bits per heavy atom. The summed E-state index contributed by atoms with van der Waals surface area (Å²) in [5.41, 5.74) is 7.70. The molecular weight excluding hydrogens is 438 g/mol. The van der Waals surface area contributed by atoms with Gasteiger partial charge in [-0.3, -0.25) is 4.79 Å². The van der Waals surface area contributed by atoms with Crippen LogP contribution in [-0.4, -0.2) is 35.7 Å². The Kier molecular flexibility index (Phi) is 5.29. The van der Waals surface area contributed by atoms with E-state index in [2.05, 4.69) is 48.3 Å². The second kappa shape index (κ2) is 8.38. The third-order valence-corrected chi connectivity index (χ3v) is 8.16. The van der Waals surface area contributed by atoms with Crippen molar-refractivity contribution >= 4 is 11.8 Å². The zero-order valence-corrected chi connectivity index (χ0v) is 20.3. The number of nitrogens with one attached hydrogen (secondary N) is 1. The summed E-state index contributed by atoms with van der Waals surface area (Å²) >= 11 is 0. The topological polar surface area (TPSA) is 74.7 Å². The van der Waals surface area contributed by atoms with Crippen LogP contribution in [0.2, 0.25) is 0 Å². The van der Waals surface area contributed by atoms with Crippen molar-refractivity contribution in [2.45, 2.75) is 39.8 Å². The van der Waals surface area contributed by atoms with E-state index in [1.165, 1.54) is 22.3 Å². The van der Waals surface area contributed by atoms with E-state index in [1.54, 1.807) is 0 Å². The van der Waals surface area contributed by atoms with Gasteiger partial charge in [0.05, 0.1) is 11.1 Å². The first kappa shape index (κ1) is 22.1. The highest BCUT2D eigenvalue weighted by molar-refractivity contribution is 5.81. The van der Waals surface area contributed by atoms with E-state index in [-0.39, 0.29) is 5.92 Å². The average molecular weight is 470 g/mol. The molecule has 2 aliphatic heterocycles. The Labute approximate surface area is 206 Å². The van der Waals surface area contributed by atoms with Gasteiger partial charge in [-0.1, -0.05) is 30.3 Å². The highest BCUT2D eigenvalue weighted by Crippen LogP contribution is 2.58. The lowest BCUT2D eigenvalue weighted by atomic mass is 9.93. The van der Waals surface area contributed by atoms with Crippen molar-refractivity contribution in [1.82, 2.24) is 10.3 Å². The quantitative estimate of drug-likeness (QED) is 0.554. The number of para-hydroxylation sites is 1. The number of hydrogen-bond acceptors (Lipinski definition) is 5. The van der Waals surface area contributed by atoms with Crippen molar-refractivity contribution in [3.8, 4) is 17.0 Å². The predicted octanol–water partition coefficient (Wildman–Crippen LogP) is 4.50. The molecule has 6 nitrogen and oxygen atoms in total. The Morgan fingerprint density at radius 2 is 2.06 bits per heavy atom. The first-order valence-electron chi connectivity index (χ1n) is 12.5. The van der Waals surface area contributed by atoms with Gasteiger partial charge in [0.2, 0.25) is 0 Å². The van der Waals surface area contributed by atoms with Crippen LogP contribution in [0.1, 0.15) is 34.2 Å². The van der Waals surface area contributed by atoms with Gasteiger partial charge in [-0.2, -0.15) is 0 Å². The lowest BCUT2D eigenvalue weighted by Crippen LogP contribution is -2.29. The number of aliphatic carboxylic acids is 1. The number of rotatable bonds is 6. The number of hydrogen-bond donors (Lipinski definition) is 2. The van der Waals surface area contributed by atoms with E-state index in [1.807, 2.05) is 24.3 Å². The highest BCUT2D eigenvalue weighted by atomic mass is 16.5. The number of nitrogens with zero attached hydrogens (tertiary/aromatic N) is 2. The maximum absolute atomic E-state index is 11.7. The molecule has 6 rings (SSSR count). The standard InChI is InChI=1S/C29H31N3O3/c1-18-5-3-6-24(27(18)35-16-21-10-9-20-14-30-12-11-23(20)19(21)2)25-7-4-8-26(31-25)32-15-22-13-29(22,17-32)28(33)34/h3-10,22,30H,11-17H2,1-2H3,(H,33,34)/t22?,29-/m0/s1. The van der Waals surface area contributed by atoms with Crippen LogP contribution in [0.5, 0.6) is 5.75 Å². The second-order valence-corrected chi connectivity index (χ2v) is 10.3. The van der Waals surface area contributed by atoms with Crippen LogP contribution in [0, 0.1) is 25.2 Å². The van der Waals surface area contributed by atoms with Crippen LogP contribution >= 0.6 is 0 Å². The molecule has 0 spiro atoms. The molecule has 2 aromatic carbocycles. The average Bonchev–Trinajstić information content (AvgIpc) is 3.45. The van der Waals surface area contributed by atoms with Crippen molar-refractivity contribution in [2.75, 3.05) is 24.5 Å². The second-order valence-electron chi connectivity index (χ2n) is 10.3. The summed E-state index contributed by atoms with van der Waals surface area (Å²) in [6.45, 7) is 8.04. The Hall–Kier alpha value is -3.38. The summed E-state index contributed by atoms with van der Waals surface area (Å²) in [6, 6.07) is 16.6. The summed E-state index contributed by atoms with van der Waals surface area (Å²) < 4.78 is 6.47. The minimum atomic E-state index is -0.677. The number of anilines is 1. The van der Waals surface area contributed by atoms with Crippen molar-refractivity contribution in [2.24, 2.45) is 11.3 Å². The normalized spacial score (nSPS) is 22.5. The SMILES string of the molecule is Cc1cccc(-c2cccc(N3CC4C[C@]4(C(=O)O)C3)n2)c1OCc1ccc2c(c1C)CCNC2. The van der Waals surface area contributed by atoms with E-state index in [0.717, 1.165) is 60.9 Å².